The molecule has 0 radical (unpaired) electrons. The number of hydrogen-bond acceptors (Lipinski definition) is 4. The van der Waals surface area contributed by atoms with Crippen LogP contribution in [0.3, 0.4) is 0 Å². The SMILES string of the molecule is CC(C)CN1CCC[C@@H](Cc2cc(C(N)=O)ncn2)CC1. The Balaban J connectivity index is 1.91. The van der Waals surface area contributed by atoms with E-state index in [2.05, 4.69) is 28.7 Å². The molecule has 0 spiro atoms. The molecule has 2 N–H and O–H groups in total. The van der Waals surface area contributed by atoms with Crippen LogP contribution >= 0.6 is 0 Å². The second-order valence-electron chi connectivity index (χ2n) is 6.45. The van der Waals surface area contributed by atoms with Gasteiger partial charge in [-0.1, -0.05) is 13.8 Å². The maximum Gasteiger partial charge on any atom is 0.267 e. The van der Waals surface area contributed by atoms with Gasteiger partial charge >= 0.3 is 0 Å². The fraction of sp³-hybridized carbons (Fsp3) is 0.688. The lowest BCUT2D eigenvalue weighted by atomic mass is 9.95. The van der Waals surface area contributed by atoms with E-state index in [9.17, 15) is 4.79 Å². The van der Waals surface area contributed by atoms with Crippen LogP contribution in [0, 0.1) is 11.8 Å². The smallest absolute Gasteiger partial charge is 0.267 e. The average molecular weight is 290 g/mol. The molecule has 0 aromatic carbocycles. The van der Waals surface area contributed by atoms with E-state index in [1.807, 2.05) is 0 Å². The highest BCUT2D eigenvalue weighted by molar-refractivity contribution is 5.90. The third-order valence-electron chi connectivity index (χ3n) is 4.04. The normalized spacial score (nSPS) is 20.4. The van der Waals surface area contributed by atoms with Crippen molar-refractivity contribution in [3.8, 4) is 0 Å². The number of primary amides is 1. The van der Waals surface area contributed by atoms with E-state index in [0.717, 1.165) is 24.6 Å². The van der Waals surface area contributed by atoms with E-state index in [-0.39, 0.29) is 0 Å². The van der Waals surface area contributed by atoms with Crippen molar-refractivity contribution in [2.24, 2.45) is 17.6 Å². The summed E-state index contributed by atoms with van der Waals surface area (Å²) in [6.45, 7) is 8.09. The molecule has 1 fully saturated rings. The number of nitrogens with two attached hydrogens (primary N) is 1. The lowest BCUT2D eigenvalue weighted by molar-refractivity contribution is 0.0995. The first-order chi connectivity index (χ1) is 10.0. The summed E-state index contributed by atoms with van der Waals surface area (Å²) in [6, 6.07) is 1.74. The first-order valence-corrected chi connectivity index (χ1v) is 7.87. The van der Waals surface area contributed by atoms with E-state index in [1.54, 1.807) is 6.07 Å². The second kappa shape index (κ2) is 7.50. The standard InChI is InChI=1S/C16H26N4O/c1-12(2)10-20-6-3-4-13(5-7-20)8-14-9-15(16(17)21)19-11-18-14/h9,11-13H,3-8,10H2,1-2H3,(H2,17,21)/t13-/m1/s1. The molecule has 1 aliphatic rings. The number of carbonyl (C=O) groups is 1. The van der Waals surface area contributed by atoms with E-state index in [4.69, 9.17) is 5.73 Å². The molecule has 2 rings (SSSR count). The summed E-state index contributed by atoms with van der Waals surface area (Å²) in [5.41, 5.74) is 6.52. The van der Waals surface area contributed by atoms with Crippen molar-refractivity contribution in [3.63, 3.8) is 0 Å². The number of nitrogens with zero attached hydrogens (tertiary/aromatic N) is 3. The zero-order chi connectivity index (χ0) is 15.2. The van der Waals surface area contributed by atoms with Gasteiger partial charge in [0, 0.05) is 12.2 Å². The number of hydrogen-bond donors (Lipinski definition) is 1. The Morgan fingerprint density at radius 3 is 2.90 bits per heavy atom. The van der Waals surface area contributed by atoms with Gasteiger partial charge in [0.15, 0.2) is 0 Å². The molecule has 2 heterocycles. The zero-order valence-electron chi connectivity index (χ0n) is 13.1. The number of rotatable bonds is 5. The van der Waals surface area contributed by atoms with Crippen molar-refractivity contribution in [3.05, 3.63) is 23.8 Å². The van der Waals surface area contributed by atoms with Gasteiger partial charge in [-0.25, -0.2) is 9.97 Å². The third kappa shape index (κ3) is 5.08. The molecule has 116 valence electrons. The molecule has 1 aromatic rings. The Morgan fingerprint density at radius 2 is 2.19 bits per heavy atom. The minimum Gasteiger partial charge on any atom is -0.364 e. The third-order valence-corrected chi connectivity index (χ3v) is 4.04. The maximum atomic E-state index is 11.2. The van der Waals surface area contributed by atoms with Gasteiger partial charge in [0.05, 0.1) is 0 Å². The van der Waals surface area contributed by atoms with Crippen molar-refractivity contribution in [2.45, 2.75) is 39.5 Å². The van der Waals surface area contributed by atoms with Gasteiger partial charge in [0.2, 0.25) is 0 Å². The fourth-order valence-corrected chi connectivity index (χ4v) is 3.07. The molecule has 21 heavy (non-hydrogen) atoms. The molecular formula is C16H26N4O. The molecule has 1 saturated heterocycles. The van der Waals surface area contributed by atoms with Crippen LogP contribution < -0.4 is 5.73 Å². The average Bonchev–Trinajstić information content (AvgIpc) is 2.64. The zero-order valence-corrected chi connectivity index (χ0v) is 13.1. The van der Waals surface area contributed by atoms with Gasteiger partial charge in [0.1, 0.15) is 12.0 Å². The Kier molecular flexibility index (Phi) is 5.67. The van der Waals surface area contributed by atoms with Crippen LogP contribution in [0.1, 0.15) is 49.3 Å². The van der Waals surface area contributed by atoms with Gasteiger partial charge in [-0.2, -0.15) is 0 Å². The Hall–Kier alpha value is -1.49. The monoisotopic (exact) mass is 290 g/mol. The number of aromatic nitrogens is 2. The van der Waals surface area contributed by atoms with Gasteiger partial charge in [0.25, 0.3) is 5.91 Å². The van der Waals surface area contributed by atoms with Crippen LogP contribution in [0.5, 0.6) is 0 Å². The molecule has 0 aliphatic carbocycles. The predicted octanol–water partition coefficient (Wildman–Crippen LogP) is 1.88. The lowest BCUT2D eigenvalue weighted by Gasteiger charge is -2.22. The lowest BCUT2D eigenvalue weighted by Crippen LogP contribution is -2.28. The van der Waals surface area contributed by atoms with Crippen molar-refractivity contribution in [1.29, 1.82) is 0 Å². The molecule has 0 bridgehead atoms. The number of carbonyl (C=O) groups excluding carboxylic acids is 1. The largest absolute Gasteiger partial charge is 0.364 e. The Labute approximate surface area is 127 Å². The number of amides is 1. The molecule has 5 nitrogen and oxygen atoms in total. The van der Waals surface area contributed by atoms with Crippen LogP contribution in [-0.2, 0) is 6.42 Å². The van der Waals surface area contributed by atoms with Gasteiger partial charge in [-0.05, 0) is 56.7 Å². The van der Waals surface area contributed by atoms with Crippen LogP contribution in [0.4, 0.5) is 0 Å². The summed E-state index contributed by atoms with van der Waals surface area (Å²) >= 11 is 0. The van der Waals surface area contributed by atoms with Gasteiger partial charge < -0.3 is 10.6 Å². The summed E-state index contributed by atoms with van der Waals surface area (Å²) in [6.07, 6.45) is 6.02. The van der Waals surface area contributed by atoms with Crippen LogP contribution in [0.25, 0.3) is 0 Å². The Morgan fingerprint density at radius 1 is 1.38 bits per heavy atom. The fourth-order valence-electron chi connectivity index (χ4n) is 3.07. The minimum absolute atomic E-state index is 0.315. The predicted molar refractivity (Wildman–Crippen MR) is 82.9 cm³/mol. The molecule has 0 saturated carbocycles. The quantitative estimate of drug-likeness (QED) is 0.898. The maximum absolute atomic E-state index is 11.2. The second-order valence-corrected chi connectivity index (χ2v) is 6.45. The summed E-state index contributed by atoms with van der Waals surface area (Å²) in [5, 5.41) is 0. The summed E-state index contributed by atoms with van der Waals surface area (Å²) in [5.74, 6) is 0.877. The first-order valence-electron chi connectivity index (χ1n) is 7.87. The van der Waals surface area contributed by atoms with Gasteiger partial charge in [-0.3, -0.25) is 4.79 Å². The van der Waals surface area contributed by atoms with E-state index in [1.165, 1.54) is 38.7 Å². The minimum atomic E-state index is -0.484. The first kappa shape index (κ1) is 15.9. The molecule has 1 amide bonds. The number of likely N-dealkylation sites (tertiary alicyclic amines) is 1. The van der Waals surface area contributed by atoms with Crippen molar-refractivity contribution in [2.75, 3.05) is 19.6 Å². The van der Waals surface area contributed by atoms with Crippen LogP contribution in [0.15, 0.2) is 12.4 Å². The summed E-state index contributed by atoms with van der Waals surface area (Å²) in [7, 11) is 0. The van der Waals surface area contributed by atoms with Crippen LogP contribution in [-0.4, -0.2) is 40.4 Å². The van der Waals surface area contributed by atoms with Crippen LogP contribution in [0.2, 0.25) is 0 Å². The molecule has 1 atom stereocenters. The Bertz CT molecular complexity index is 475. The van der Waals surface area contributed by atoms with Crippen molar-refractivity contribution in [1.82, 2.24) is 14.9 Å². The molecule has 0 unspecified atom stereocenters. The summed E-state index contributed by atoms with van der Waals surface area (Å²) in [4.78, 5) is 21.9. The molecule has 1 aliphatic heterocycles. The highest BCUT2D eigenvalue weighted by Crippen LogP contribution is 2.21. The van der Waals surface area contributed by atoms with E-state index in [0.29, 0.717) is 11.6 Å². The van der Waals surface area contributed by atoms with Crippen molar-refractivity contribution >= 4 is 5.91 Å². The highest BCUT2D eigenvalue weighted by Gasteiger charge is 2.18. The highest BCUT2D eigenvalue weighted by atomic mass is 16.1. The molecule has 1 aromatic heterocycles. The molecule has 5 heteroatoms. The topological polar surface area (TPSA) is 72.1 Å². The molecular weight excluding hydrogens is 264 g/mol. The summed E-state index contributed by atoms with van der Waals surface area (Å²) < 4.78 is 0. The van der Waals surface area contributed by atoms with E-state index < -0.39 is 5.91 Å². The van der Waals surface area contributed by atoms with Crippen molar-refractivity contribution < 1.29 is 4.79 Å². The van der Waals surface area contributed by atoms with E-state index >= 15 is 0 Å². The van der Waals surface area contributed by atoms with Gasteiger partial charge in [-0.15, -0.1) is 0 Å².